The summed E-state index contributed by atoms with van der Waals surface area (Å²) >= 11 is 8.91. The summed E-state index contributed by atoms with van der Waals surface area (Å²) in [5.41, 5.74) is 0.840. The molecule has 7 unspecified atom stereocenters. The van der Waals surface area contributed by atoms with E-state index in [1.807, 2.05) is 0 Å². The summed E-state index contributed by atoms with van der Waals surface area (Å²) in [5.74, 6) is 5.49. The van der Waals surface area contributed by atoms with E-state index in [0.717, 1.165) is 35.5 Å². The van der Waals surface area contributed by atoms with E-state index in [1.54, 1.807) is 0 Å². The number of fused-ring (bicyclic) bond motifs is 8. The molecule has 0 spiro atoms. The molecular formula is C19H30BBr2I-2. The Bertz CT molecular complexity index is 570. The average molecular weight is 556 g/mol. The van der Waals surface area contributed by atoms with Crippen LogP contribution in [0.15, 0.2) is 12.2 Å². The molecule has 0 heterocycles. The van der Waals surface area contributed by atoms with Crippen LogP contribution in [0.1, 0.15) is 40.5 Å². The van der Waals surface area contributed by atoms with Crippen molar-refractivity contribution in [1.29, 1.82) is 0 Å². The first-order valence-electron chi connectivity index (χ1n) is 8.57. The predicted octanol–water partition coefficient (Wildman–Crippen LogP) is 1.39. The third-order valence-electron chi connectivity index (χ3n) is 7.81. The third-order valence-corrected chi connectivity index (χ3v) is 15.0. The molecule has 4 heteroatoms. The summed E-state index contributed by atoms with van der Waals surface area (Å²) in [6.45, 7) is 10.4. The van der Waals surface area contributed by atoms with Gasteiger partial charge in [-0.2, -0.15) is 0 Å². The molecule has 0 radical (unpaired) electrons. The van der Waals surface area contributed by atoms with Gasteiger partial charge in [-0.05, 0) is 0 Å². The average Bonchev–Trinajstić information content (AvgIpc) is 3.06. The van der Waals surface area contributed by atoms with Gasteiger partial charge in [0.25, 0.3) is 0 Å². The van der Waals surface area contributed by atoms with E-state index in [-0.39, 0.29) is 32.3 Å². The first kappa shape index (κ1) is 17.9. The van der Waals surface area contributed by atoms with Crippen LogP contribution in [0.2, 0.25) is 0 Å². The normalized spacial score (nSPS) is 54.3. The minimum absolute atomic E-state index is 0.200. The van der Waals surface area contributed by atoms with Crippen molar-refractivity contribution < 1.29 is 21.2 Å². The Morgan fingerprint density at radius 2 is 1.70 bits per heavy atom. The molecule has 0 aliphatic heterocycles. The number of hydrogen-bond donors (Lipinski definition) is 0. The van der Waals surface area contributed by atoms with E-state index >= 15 is 0 Å². The van der Waals surface area contributed by atoms with Gasteiger partial charge in [-0.25, -0.2) is 0 Å². The summed E-state index contributed by atoms with van der Waals surface area (Å²) in [4.78, 5) is 2.58. The van der Waals surface area contributed by atoms with E-state index in [4.69, 9.17) is 0 Å². The summed E-state index contributed by atoms with van der Waals surface area (Å²) in [6.07, 6.45) is 8.22. The molecule has 23 heavy (non-hydrogen) atoms. The van der Waals surface area contributed by atoms with Gasteiger partial charge < -0.3 is 0 Å². The van der Waals surface area contributed by atoms with Crippen molar-refractivity contribution in [2.45, 2.75) is 47.1 Å². The molecule has 0 nitrogen and oxygen atoms in total. The van der Waals surface area contributed by atoms with Gasteiger partial charge in [-0.3, -0.25) is 0 Å². The Morgan fingerprint density at radius 1 is 1.04 bits per heavy atom. The van der Waals surface area contributed by atoms with Crippen LogP contribution < -0.4 is 21.2 Å². The molecule has 4 aliphatic carbocycles. The van der Waals surface area contributed by atoms with E-state index < -0.39 is 0 Å². The first-order valence-corrected chi connectivity index (χ1v) is 13.4. The quantitative estimate of drug-likeness (QED) is 0.199. The number of allylic oxidation sites excluding steroid dienone is 2. The van der Waals surface area contributed by atoms with Crippen LogP contribution >= 0.6 is 31.9 Å². The second kappa shape index (κ2) is 5.06. The SMILES string of the molecule is [BH3-]C1([I-]C)C2CC(C3C2C2C=CC(C2)C3(C)C)C(C)(C)C1(Br)Br. The van der Waals surface area contributed by atoms with Gasteiger partial charge in [0, 0.05) is 0 Å². The van der Waals surface area contributed by atoms with Crippen molar-refractivity contribution in [3.05, 3.63) is 12.2 Å². The van der Waals surface area contributed by atoms with Crippen molar-refractivity contribution in [2.75, 3.05) is 4.93 Å². The molecule has 3 fully saturated rings. The van der Waals surface area contributed by atoms with Crippen molar-refractivity contribution in [1.82, 2.24) is 0 Å². The van der Waals surface area contributed by atoms with Crippen LogP contribution in [0.5, 0.6) is 0 Å². The van der Waals surface area contributed by atoms with Crippen molar-refractivity contribution >= 4 is 39.7 Å². The Morgan fingerprint density at radius 3 is 2.30 bits per heavy atom. The standard InChI is InChI=1S/C19H30BBr2I/c1-16(2)11-7-6-10(8-11)14-12-9-13(15(14)16)17(3,4)19(21,22)18(12,20)23-5/h6-7,10-15H,8-9H2,1-5,20H3/q-2. The maximum atomic E-state index is 4.33. The van der Waals surface area contributed by atoms with Gasteiger partial charge in [0.2, 0.25) is 0 Å². The fraction of sp³-hybridized carbons (Fsp3) is 0.895. The second-order valence-corrected chi connectivity index (χ2v) is 14.8. The summed E-state index contributed by atoms with van der Waals surface area (Å²) < 4.78 is 0.872. The van der Waals surface area contributed by atoms with Gasteiger partial charge in [-0.15, -0.1) is 0 Å². The third kappa shape index (κ3) is 1.90. The van der Waals surface area contributed by atoms with Gasteiger partial charge in [0.05, 0.1) is 0 Å². The van der Waals surface area contributed by atoms with Gasteiger partial charge in [-0.1, -0.05) is 0 Å². The summed E-state index contributed by atoms with van der Waals surface area (Å²) in [5, 5.41) is 0. The van der Waals surface area contributed by atoms with E-state index in [0.29, 0.717) is 14.2 Å². The van der Waals surface area contributed by atoms with Crippen molar-refractivity contribution in [3.8, 4) is 0 Å². The summed E-state index contributed by atoms with van der Waals surface area (Å²) in [7, 11) is 0.280. The molecule has 0 N–H and O–H groups in total. The van der Waals surface area contributed by atoms with Gasteiger partial charge in [0.1, 0.15) is 0 Å². The molecule has 7 atom stereocenters. The predicted molar refractivity (Wildman–Crippen MR) is 106 cm³/mol. The number of halogens is 3. The first-order chi connectivity index (χ1) is 10.5. The van der Waals surface area contributed by atoms with Crippen LogP contribution in [0, 0.1) is 46.3 Å². The minimum atomic E-state index is 0.200. The molecule has 0 saturated heterocycles. The monoisotopic (exact) mass is 554 g/mol. The Kier molecular flexibility index (Phi) is 3.93. The van der Waals surface area contributed by atoms with Crippen LogP contribution in [0.4, 0.5) is 0 Å². The molecule has 4 rings (SSSR count). The molecule has 0 aromatic heterocycles. The fourth-order valence-electron chi connectivity index (χ4n) is 6.53. The van der Waals surface area contributed by atoms with Gasteiger partial charge in [0.15, 0.2) is 0 Å². The molecule has 4 aliphatic rings. The molecule has 4 bridgehead atoms. The van der Waals surface area contributed by atoms with E-state index in [1.165, 1.54) is 12.8 Å². The molecule has 3 saturated carbocycles. The van der Waals surface area contributed by atoms with Gasteiger partial charge >= 0.3 is 171 Å². The molecule has 0 amide bonds. The maximum absolute atomic E-state index is 4.33. The number of alkyl halides is 4. The molecular weight excluding hydrogens is 526 g/mol. The zero-order valence-electron chi connectivity index (χ0n) is 14.2. The summed E-state index contributed by atoms with van der Waals surface area (Å²) in [6, 6.07) is 0. The molecule has 132 valence electrons. The number of rotatable bonds is 1. The molecule has 0 aromatic rings. The topological polar surface area (TPSA) is 0 Å². The fourth-order valence-corrected chi connectivity index (χ4v) is 12.6. The second-order valence-electron chi connectivity index (χ2n) is 9.10. The number of hydrogen-bond acceptors (Lipinski definition) is 0. The van der Waals surface area contributed by atoms with Crippen LogP contribution in [0.3, 0.4) is 0 Å². The zero-order valence-corrected chi connectivity index (χ0v) is 19.5. The Hall–Kier alpha value is 1.49. The van der Waals surface area contributed by atoms with Crippen LogP contribution in [-0.4, -0.2) is 19.3 Å². The van der Waals surface area contributed by atoms with Crippen LogP contribution in [-0.2, 0) is 0 Å². The van der Waals surface area contributed by atoms with E-state index in [2.05, 4.69) is 76.6 Å². The van der Waals surface area contributed by atoms with Crippen LogP contribution in [0.25, 0.3) is 0 Å². The zero-order chi connectivity index (χ0) is 17.0. The van der Waals surface area contributed by atoms with Crippen molar-refractivity contribution in [2.24, 2.45) is 46.3 Å². The molecule has 0 aromatic carbocycles. The van der Waals surface area contributed by atoms with Crippen molar-refractivity contribution in [3.63, 3.8) is 0 Å². The Labute approximate surface area is 170 Å². The Balaban J connectivity index is 1.92. The van der Waals surface area contributed by atoms with E-state index in [9.17, 15) is 0 Å².